The molecule has 0 rings (SSSR count). The molecule has 1 unspecified atom stereocenters. The number of esters is 2. The molecular formula is C53H102NO8P. The summed E-state index contributed by atoms with van der Waals surface area (Å²) < 4.78 is 33.0. The zero-order valence-corrected chi connectivity index (χ0v) is 42.2. The van der Waals surface area contributed by atoms with E-state index in [1.807, 2.05) is 0 Å². The van der Waals surface area contributed by atoms with E-state index in [-0.39, 0.29) is 38.6 Å². The van der Waals surface area contributed by atoms with Gasteiger partial charge in [0.2, 0.25) is 0 Å². The summed E-state index contributed by atoms with van der Waals surface area (Å²) in [6, 6.07) is 0. The zero-order valence-electron chi connectivity index (χ0n) is 41.3. The fourth-order valence-corrected chi connectivity index (χ4v) is 8.57. The molecule has 0 aromatic rings. The molecule has 9 nitrogen and oxygen atoms in total. The van der Waals surface area contributed by atoms with Crippen LogP contribution in [0.5, 0.6) is 0 Å². The molecule has 2 atom stereocenters. The van der Waals surface area contributed by atoms with Crippen molar-refractivity contribution in [2.24, 2.45) is 5.73 Å². The lowest BCUT2D eigenvalue weighted by Crippen LogP contribution is -2.29. The van der Waals surface area contributed by atoms with Crippen molar-refractivity contribution >= 4 is 19.8 Å². The number of carbonyl (C=O) groups is 2. The van der Waals surface area contributed by atoms with Crippen LogP contribution in [0.2, 0.25) is 0 Å². The fourth-order valence-electron chi connectivity index (χ4n) is 7.80. The van der Waals surface area contributed by atoms with Crippen LogP contribution in [-0.2, 0) is 32.7 Å². The second-order valence-corrected chi connectivity index (χ2v) is 19.5. The number of ether oxygens (including phenoxy) is 2. The number of unbranched alkanes of at least 4 members (excludes halogenated alkanes) is 34. The maximum Gasteiger partial charge on any atom is 0.472 e. The number of allylic oxidation sites excluding steroid dienone is 4. The number of phosphoric acid groups is 1. The minimum absolute atomic E-state index is 0.0550. The highest BCUT2D eigenvalue weighted by Gasteiger charge is 2.26. The van der Waals surface area contributed by atoms with Gasteiger partial charge in [0.25, 0.3) is 0 Å². The topological polar surface area (TPSA) is 134 Å². The van der Waals surface area contributed by atoms with Crippen LogP contribution >= 0.6 is 7.82 Å². The summed E-state index contributed by atoms with van der Waals surface area (Å²) in [5.74, 6) is -0.817. The second-order valence-electron chi connectivity index (χ2n) is 18.1. The Morgan fingerprint density at radius 1 is 0.460 bits per heavy atom. The summed E-state index contributed by atoms with van der Waals surface area (Å²) >= 11 is 0. The predicted molar refractivity (Wildman–Crippen MR) is 266 cm³/mol. The Balaban J connectivity index is 4.00. The molecule has 0 aromatic carbocycles. The first kappa shape index (κ1) is 61.5. The number of carbonyl (C=O) groups excluding carboxylic acids is 2. The van der Waals surface area contributed by atoms with E-state index in [1.165, 1.54) is 199 Å². The van der Waals surface area contributed by atoms with Crippen molar-refractivity contribution in [3.05, 3.63) is 24.3 Å². The summed E-state index contributed by atoms with van der Waals surface area (Å²) in [7, 11) is -4.38. The lowest BCUT2D eigenvalue weighted by Gasteiger charge is -2.19. The zero-order chi connectivity index (χ0) is 46.0. The third kappa shape index (κ3) is 49.8. The summed E-state index contributed by atoms with van der Waals surface area (Å²) in [5.41, 5.74) is 5.37. The average molecular weight is 912 g/mol. The van der Waals surface area contributed by atoms with Gasteiger partial charge in [0, 0.05) is 19.4 Å². The van der Waals surface area contributed by atoms with Gasteiger partial charge in [-0.3, -0.25) is 18.6 Å². The van der Waals surface area contributed by atoms with Crippen LogP contribution in [0.15, 0.2) is 24.3 Å². The second kappa shape index (κ2) is 49.9. The monoisotopic (exact) mass is 912 g/mol. The molecule has 63 heavy (non-hydrogen) atoms. The van der Waals surface area contributed by atoms with Crippen LogP contribution < -0.4 is 5.73 Å². The van der Waals surface area contributed by atoms with E-state index in [9.17, 15) is 19.0 Å². The normalized spacial score (nSPS) is 13.3. The van der Waals surface area contributed by atoms with Crippen LogP contribution in [0.4, 0.5) is 0 Å². The number of nitrogens with two attached hydrogens (primary N) is 1. The molecule has 0 saturated carbocycles. The van der Waals surface area contributed by atoms with E-state index in [0.717, 1.165) is 38.5 Å². The molecule has 0 amide bonds. The molecule has 0 radical (unpaired) electrons. The number of phosphoric ester groups is 1. The third-order valence-corrected chi connectivity index (χ3v) is 12.8. The van der Waals surface area contributed by atoms with E-state index >= 15 is 0 Å². The van der Waals surface area contributed by atoms with E-state index in [0.29, 0.717) is 6.42 Å². The molecule has 0 aliphatic heterocycles. The highest BCUT2D eigenvalue weighted by Crippen LogP contribution is 2.43. The summed E-state index contributed by atoms with van der Waals surface area (Å²) in [5, 5.41) is 0. The summed E-state index contributed by atoms with van der Waals surface area (Å²) in [6.07, 6.45) is 56.4. The molecule has 3 N–H and O–H groups in total. The molecule has 0 aliphatic carbocycles. The Morgan fingerprint density at radius 2 is 0.778 bits per heavy atom. The SMILES string of the molecule is CCCCCCCC/C=C\CCCCCCCCCCCCCC(=O)OC[C@H](COP(=O)(O)OCCN)OC(=O)CCCCCCCCCCCCC/C=C\CCCCCCCC. The first-order valence-electron chi connectivity index (χ1n) is 26.8. The average Bonchev–Trinajstić information content (AvgIpc) is 3.27. The van der Waals surface area contributed by atoms with Crippen molar-refractivity contribution in [2.75, 3.05) is 26.4 Å². The quantitative estimate of drug-likeness (QED) is 0.0265. The summed E-state index contributed by atoms with van der Waals surface area (Å²) in [6.45, 7) is 3.78. The van der Waals surface area contributed by atoms with E-state index in [1.54, 1.807) is 0 Å². The smallest absolute Gasteiger partial charge is 0.462 e. The fraction of sp³-hybridized carbons (Fsp3) is 0.887. The van der Waals surface area contributed by atoms with Gasteiger partial charge in [0.05, 0.1) is 13.2 Å². The van der Waals surface area contributed by atoms with Gasteiger partial charge >= 0.3 is 19.8 Å². The lowest BCUT2D eigenvalue weighted by atomic mass is 10.0. The van der Waals surface area contributed by atoms with Gasteiger partial charge in [-0.05, 0) is 64.2 Å². The maximum absolute atomic E-state index is 12.7. The largest absolute Gasteiger partial charge is 0.472 e. The van der Waals surface area contributed by atoms with Crippen molar-refractivity contribution in [1.29, 1.82) is 0 Å². The van der Waals surface area contributed by atoms with Gasteiger partial charge < -0.3 is 20.1 Å². The minimum atomic E-state index is -4.38. The van der Waals surface area contributed by atoms with Crippen molar-refractivity contribution < 1.29 is 37.6 Å². The lowest BCUT2D eigenvalue weighted by molar-refractivity contribution is -0.161. The van der Waals surface area contributed by atoms with Crippen LogP contribution in [-0.4, -0.2) is 49.3 Å². The van der Waals surface area contributed by atoms with Crippen LogP contribution in [0.1, 0.15) is 271 Å². The van der Waals surface area contributed by atoms with Crippen molar-refractivity contribution in [2.45, 2.75) is 277 Å². The molecular weight excluding hydrogens is 810 g/mol. The maximum atomic E-state index is 12.7. The molecule has 0 aliphatic rings. The molecule has 0 spiro atoms. The Kier molecular flexibility index (Phi) is 48.7. The predicted octanol–water partition coefficient (Wildman–Crippen LogP) is 16.3. The van der Waals surface area contributed by atoms with Gasteiger partial charge in [-0.1, -0.05) is 218 Å². The van der Waals surface area contributed by atoms with Crippen LogP contribution in [0.3, 0.4) is 0 Å². The van der Waals surface area contributed by atoms with Crippen molar-refractivity contribution in [1.82, 2.24) is 0 Å². The number of rotatable bonds is 51. The van der Waals surface area contributed by atoms with Crippen LogP contribution in [0.25, 0.3) is 0 Å². The molecule has 0 fully saturated rings. The molecule has 372 valence electrons. The van der Waals surface area contributed by atoms with Gasteiger partial charge in [-0.25, -0.2) is 4.57 Å². The van der Waals surface area contributed by atoms with Crippen molar-refractivity contribution in [3.8, 4) is 0 Å². The highest BCUT2D eigenvalue weighted by molar-refractivity contribution is 7.47. The van der Waals surface area contributed by atoms with Gasteiger partial charge in [0.1, 0.15) is 6.61 Å². The molecule has 0 heterocycles. The van der Waals surface area contributed by atoms with Crippen molar-refractivity contribution in [3.63, 3.8) is 0 Å². The molecule has 10 heteroatoms. The minimum Gasteiger partial charge on any atom is -0.462 e. The molecule has 0 saturated heterocycles. The number of hydrogen-bond acceptors (Lipinski definition) is 8. The summed E-state index contributed by atoms with van der Waals surface area (Å²) in [4.78, 5) is 35.1. The number of hydrogen-bond donors (Lipinski definition) is 2. The highest BCUT2D eigenvalue weighted by atomic mass is 31.2. The standard InChI is InChI=1S/C53H102NO8P/c1-3-5-7-9-11-13-15-17-19-21-23-25-27-29-31-33-35-37-39-41-43-45-52(55)59-49-51(50-61-63(57,58)60-48-47-54)62-53(56)46-44-42-40-38-36-34-32-30-28-26-24-22-20-18-16-14-12-10-8-6-4-2/h17-20,51H,3-16,21-50,54H2,1-2H3,(H,57,58)/b19-17-,20-18-/t51-/m1/s1. The van der Waals surface area contributed by atoms with E-state index < -0.39 is 26.5 Å². The van der Waals surface area contributed by atoms with E-state index in [2.05, 4.69) is 38.2 Å². The first-order chi connectivity index (χ1) is 30.8. The Hall–Kier alpha value is -1.51. The Morgan fingerprint density at radius 3 is 1.13 bits per heavy atom. The van der Waals surface area contributed by atoms with Gasteiger partial charge in [-0.2, -0.15) is 0 Å². The van der Waals surface area contributed by atoms with E-state index in [4.69, 9.17) is 24.3 Å². The third-order valence-electron chi connectivity index (χ3n) is 11.8. The molecule has 0 bridgehead atoms. The molecule has 0 aromatic heterocycles. The Bertz CT molecular complexity index is 1090. The Labute approximate surface area is 389 Å². The van der Waals surface area contributed by atoms with Crippen LogP contribution in [0, 0.1) is 0 Å². The first-order valence-corrected chi connectivity index (χ1v) is 28.3. The van der Waals surface area contributed by atoms with Gasteiger partial charge in [0.15, 0.2) is 6.10 Å². The van der Waals surface area contributed by atoms with Gasteiger partial charge in [-0.15, -0.1) is 0 Å².